The number of imidazole rings is 1. The summed E-state index contributed by atoms with van der Waals surface area (Å²) in [5, 5.41) is 3.73. The molecule has 4 nitrogen and oxygen atoms in total. The van der Waals surface area contributed by atoms with Gasteiger partial charge < -0.3 is 14.8 Å². The molecule has 3 rings (SSSR count). The molecule has 2 heterocycles. The Bertz CT molecular complexity index is 563. The number of nitrogens with one attached hydrogen (secondary N) is 1. The zero-order valence-electron chi connectivity index (χ0n) is 13.0. The van der Waals surface area contributed by atoms with Crippen LogP contribution in [0.15, 0.2) is 30.6 Å². The summed E-state index contributed by atoms with van der Waals surface area (Å²) in [6.45, 7) is 4.62. The minimum absolute atomic E-state index is 0.703. The van der Waals surface area contributed by atoms with Crippen LogP contribution in [0.4, 0.5) is 0 Å². The Balaban J connectivity index is 1.44. The van der Waals surface area contributed by atoms with Gasteiger partial charge in [0.15, 0.2) is 0 Å². The van der Waals surface area contributed by atoms with Gasteiger partial charge in [-0.05, 0) is 64.5 Å². The molecule has 1 fully saturated rings. The second-order valence-electron chi connectivity index (χ2n) is 6.17. The van der Waals surface area contributed by atoms with Crippen LogP contribution in [-0.2, 0) is 6.54 Å². The van der Waals surface area contributed by atoms with Gasteiger partial charge in [-0.3, -0.25) is 0 Å². The van der Waals surface area contributed by atoms with E-state index in [0.717, 1.165) is 25.0 Å². The number of hydrogen-bond acceptors (Lipinski definition) is 3. The number of nitrogens with zero attached hydrogens (tertiary/aromatic N) is 3. The number of aromatic nitrogens is 2. The van der Waals surface area contributed by atoms with Crippen LogP contribution in [0.1, 0.15) is 25.7 Å². The summed E-state index contributed by atoms with van der Waals surface area (Å²) in [7, 11) is 2.23. The molecule has 1 aliphatic rings. The highest BCUT2D eigenvalue weighted by Crippen LogP contribution is 2.12. The third kappa shape index (κ3) is 3.83. The molecule has 1 atom stereocenters. The molecule has 0 radical (unpaired) electrons. The summed E-state index contributed by atoms with van der Waals surface area (Å²) in [5.41, 5.74) is 2.34. The summed E-state index contributed by atoms with van der Waals surface area (Å²) >= 11 is 0. The quantitative estimate of drug-likeness (QED) is 0.857. The Labute approximate surface area is 127 Å². The lowest BCUT2D eigenvalue weighted by molar-refractivity contribution is 0.343. The van der Waals surface area contributed by atoms with Crippen LogP contribution in [0.2, 0.25) is 0 Å². The monoisotopic (exact) mass is 286 g/mol. The molecule has 21 heavy (non-hydrogen) atoms. The fraction of sp³-hybridized carbons (Fsp3) is 0.588. The molecule has 2 aromatic rings. The highest BCUT2D eigenvalue weighted by Gasteiger charge is 2.13. The highest BCUT2D eigenvalue weighted by atomic mass is 15.1. The molecule has 0 saturated carbocycles. The van der Waals surface area contributed by atoms with Crippen molar-refractivity contribution in [3.63, 3.8) is 0 Å². The van der Waals surface area contributed by atoms with Gasteiger partial charge in [0, 0.05) is 12.6 Å². The predicted molar refractivity (Wildman–Crippen MR) is 87.5 cm³/mol. The lowest BCUT2D eigenvalue weighted by Gasteiger charge is -2.16. The molecular formula is C17H26N4. The molecule has 0 spiro atoms. The summed E-state index contributed by atoms with van der Waals surface area (Å²) in [5.74, 6) is 0. The molecule has 0 aliphatic carbocycles. The fourth-order valence-corrected chi connectivity index (χ4v) is 3.19. The van der Waals surface area contributed by atoms with E-state index in [-0.39, 0.29) is 0 Å². The van der Waals surface area contributed by atoms with Gasteiger partial charge in [0.1, 0.15) is 0 Å². The molecule has 1 N–H and O–H groups in total. The lowest BCUT2D eigenvalue weighted by Crippen LogP contribution is -2.31. The van der Waals surface area contributed by atoms with E-state index in [1.807, 2.05) is 12.4 Å². The van der Waals surface area contributed by atoms with Crippen molar-refractivity contribution in [2.24, 2.45) is 0 Å². The second kappa shape index (κ2) is 7.05. The summed E-state index contributed by atoms with van der Waals surface area (Å²) < 4.78 is 2.26. The molecule has 1 aromatic heterocycles. The Kier molecular flexibility index (Phi) is 4.88. The van der Waals surface area contributed by atoms with Crippen molar-refractivity contribution in [1.82, 2.24) is 19.8 Å². The van der Waals surface area contributed by atoms with E-state index in [2.05, 4.69) is 45.0 Å². The standard InChI is InChI=1S/C17H26N4/c1-20-11-4-6-15(9-13-20)18-10-5-12-21-14-19-16-7-2-3-8-17(16)21/h2-3,7-8,14-15,18H,4-6,9-13H2,1H3. The van der Waals surface area contributed by atoms with E-state index in [1.165, 1.54) is 37.9 Å². The largest absolute Gasteiger partial charge is 0.331 e. The van der Waals surface area contributed by atoms with E-state index >= 15 is 0 Å². The van der Waals surface area contributed by atoms with Crippen LogP contribution in [-0.4, -0.2) is 47.2 Å². The fourth-order valence-electron chi connectivity index (χ4n) is 3.19. The minimum atomic E-state index is 0.703. The first-order valence-electron chi connectivity index (χ1n) is 8.15. The average Bonchev–Trinajstić information content (AvgIpc) is 2.80. The molecule has 4 heteroatoms. The Hall–Kier alpha value is -1.39. The van der Waals surface area contributed by atoms with Crippen LogP contribution < -0.4 is 5.32 Å². The van der Waals surface area contributed by atoms with Crippen LogP contribution in [0.5, 0.6) is 0 Å². The van der Waals surface area contributed by atoms with E-state index in [9.17, 15) is 0 Å². The van der Waals surface area contributed by atoms with Crippen molar-refractivity contribution in [2.75, 3.05) is 26.7 Å². The van der Waals surface area contributed by atoms with E-state index in [0.29, 0.717) is 6.04 Å². The third-order valence-corrected chi connectivity index (χ3v) is 4.49. The molecule has 0 amide bonds. The van der Waals surface area contributed by atoms with E-state index < -0.39 is 0 Å². The molecule has 114 valence electrons. The maximum atomic E-state index is 4.45. The predicted octanol–water partition coefficient (Wildman–Crippen LogP) is 2.50. The lowest BCUT2D eigenvalue weighted by atomic mass is 10.1. The van der Waals surface area contributed by atoms with Gasteiger partial charge in [0.05, 0.1) is 17.4 Å². The van der Waals surface area contributed by atoms with Crippen LogP contribution >= 0.6 is 0 Å². The van der Waals surface area contributed by atoms with Gasteiger partial charge in [-0.2, -0.15) is 0 Å². The van der Waals surface area contributed by atoms with Gasteiger partial charge >= 0.3 is 0 Å². The Morgan fingerprint density at radius 1 is 1.24 bits per heavy atom. The van der Waals surface area contributed by atoms with E-state index in [1.54, 1.807) is 0 Å². The van der Waals surface area contributed by atoms with Crippen molar-refractivity contribution in [3.8, 4) is 0 Å². The number of likely N-dealkylation sites (tertiary alicyclic amines) is 1. The molecule has 1 aliphatic heterocycles. The maximum absolute atomic E-state index is 4.45. The van der Waals surface area contributed by atoms with Crippen molar-refractivity contribution in [2.45, 2.75) is 38.3 Å². The van der Waals surface area contributed by atoms with Gasteiger partial charge in [-0.15, -0.1) is 0 Å². The maximum Gasteiger partial charge on any atom is 0.0958 e. The van der Waals surface area contributed by atoms with Gasteiger partial charge in [0.25, 0.3) is 0 Å². The SMILES string of the molecule is CN1CCCC(NCCCn2cnc3ccccc32)CC1. The van der Waals surface area contributed by atoms with Gasteiger partial charge in [0.2, 0.25) is 0 Å². The van der Waals surface area contributed by atoms with Gasteiger partial charge in [-0.1, -0.05) is 12.1 Å². The highest BCUT2D eigenvalue weighted by molar-refractivity contribution is 5.74. The Morgan fingerprint density at radius 3 is 3.10 bits per heavy atom. The van der Waals surface area contributed by atoms with E-state index in [4.69, 9.17) is 0 Å². The topological polar surface area (TPSA) is 33.1 Å². The molecule has 0 bridgehead atoms. The minimum Gasteiger partial charge on any atom is -0.331 e. The summed E-state index contributed by atoms with van der Waals surface area (Å²) in [6.07, 6.45) is 7.04. The van der Waals surface area contributed by atoms with Crippen molar-refractivity contribution >= 4 is 11.0 Å². The Morgan fingerprint density at radius 2 is 2.14 bits per heavy atom. The first kappa shape index (κ1) is 14.5. The molecule has 1 saturated heterocycles. The zero-order valence-corrected chi connectivity index (χ0v) is 13.0. The van der Waals surface area contributed by atoms with Crippen molar-refractivity contribution in [3.05, 3.63) is 30.6 Å². The first-order valence-corrected chi connectivity index (χ1v) is 8.15. The van der Waals surface area contributed by atoms with Crippen molar-refractivity contribution < 1.29 is 0 Å². The smallest absolute Gasteiger partial charge is 0.0958 e. The number of rotatable bonds is 5. The van der Waals surface area contributed by atoms with Gasteiger partial charge in [-0.25, -0.2) is 4.98 Å². The number of fused-ring (bicyclic) bond motifs is 1. The number of aryl methyl sites for hydroxylation is 1. The normalized spacial score (nSPS) is 20.7. The van der Waals surface area contributed by atoms with Crippen LogP contribution in [0.25, 0.3) is 11.0 Å². The van der Waals surface area contributed by atoms with Crippen molar-refractivity contribution in [1.29, 1.82) is 0 Å². The first-order chi connectivity index (χ1) is 10.3. The summed E-state index contributed by atoms with van der Waals surface area (Å²) in [6, 6.07) is 9.06. The van der Waals surface area contributed by atoms with Crippen LogP contribution in [0, 0.1) is 0 Å². The number of para-hydroxylation sites is 2. The average molecular weight is 286 g/mol. The zero-order chi connectivity index (χ0) is 14.5. The number of benzene rings is 1. The van der Waals surface area contributed by atoms with Crippen LogP contribution in [0.3, 0.4) is 0 Å². The molecule has 1 aromatic carbocycles. The molecule has 1 unspecified atom stereocenters. The molecular weight excluding hydrogens is 260 g/mol. The second-order valence-corrected chi connectivity index (χ2v) is 6.17. The third-order valence-electron chi connectivity index (χ3n) is 4.49. The number of hydrogen-bond donors (Lipinski definition) is 1. The summed E-state index contributed by atoms with van der Waals surface area (Å²) in [4.78, 5) is 6.89.